The second kappa shape index (κ2) is 8.28. The minimum absolute atomic E-state index is 0.161. The molecule has 0 spiro atoms. The van der Waals surface area contributed by atoms with Crippen molar-refractivity contribution in [2.75, 3.05) is 10.6 Å². The third-order valence-corrected chi connectivity index (χ3v) is 6.13. The van der Waals surface area contributed by atoms with Gasteiger partial charge in [-0.05, 0) is 31.4 Å². The molecule has 0 unspecified atom stereocenters. The number of hydrogen-bond donors (Lipinski definition) is 2. The van der Waals surface area contributed by atoms with Gasteiger partial charge in [-0.1, -0.05) is 11.6 Å². The van der Waals surface area contributed by atoms with Crippen LogP contribution in [0.5, 0.6) is 0 Å². The van der Waals surface area contributed by atoms with Crippen molar-refractivity contribution in [1.29, 1.82) is 0 Å². The van der Waals surface area contributed by atoms with Crippen molar-refractivity contribution in [3.8, 4) is 5.69 Å². The second-order valence-corrected chi connectivity index (χ2v) is 8.51. The first-order chi connectivity index (χ1) is 15.5. The third-order valence-electron chi connectivity index (χ3n) is 5.42. The molecule has 0 radical (unpaired) electrons. The van der Waals surface area contributed by atoms with Crippen LogP contribution in [0, 0.1) is 0 Å². The Labute approximate surface area is 190 Å². The number of nitrogens with one attached hydrogen (secondary N) is 2. The lowest BCUT2D eigenvalue weighted by atomic mass is 10.2. The van der Waals surface area contributed by atoms with Crippen LogP contribution < -0.4 is 21.9 Å². The van der Waals surface area contributed by atoms with Crippen LogP contribution in [0.15, 0.2) is 40.3 Å². The maximum Gasteiger partial charge on any atom is 0.337 e. The van der Waals surface area contributed by atoms with Gasteiger partial charge < -0.3 is 10.6 Å². The Morgan fingerprint density at radius 2 is 1.78 bits per heavy atom. The summed E-state index contributed by atoms with van der Waals surface area (Å²) in [5.41, 5.74) is -0.184. The first-order valence-corrected chi connectivity index (χ1v) is 11.0. The quantitative estimate of drug-likeness (QED) is 0.447. The predicted molar refractivity (Wildman–Crippen MR) is 122 cm³/mol. The zero-order chi connectivity index (χ0) is 22.2. The molecule has 0 bridgehead atoms. The molecule has 1 fully saturated rings. The van der Waals surface area contributed by atoms with Gasteiger partial charge in [-0.15, -0.1) is 0 Å². The van der Waals surface area contributed by atoms with E-state index in [1.54, 1.807) is 31.6 Å². The molecule has 1 saturated carbocycles. The lowest BCUT2D eigenvalue weighted by Gasteiger charge is -2.15. The smallest absolute Gasteiger partial charge is 0.337 e. The Morgan fingerprint density at radius 3 is 2.50 bits per heavy atom. The summed E-state index contributed by atoms with van der Waals surface area (Å²) in [6.07, 6.45) is 7.44. The molecule has 164 valence electrons. The van der Waals surface area contributed by atoms with Crippen LogP contribution in [-0.4, -0.2) is 44.9 Å². The van der Waals surface area contributed by atoms with E-state index in [0.29, 0.717) is 22.5 Å². The fourth-order valence-corrected chi connectivity index (χ4v) is 4.49. The van der Waals surface area contributed by atoms with Crippen LogP contribution in [-0.2, 0) is 7.05 Å². The predicted octanol–water partition coefficient (Wildman–Crippen LogP) is 1.82. The molecule has 11 nitrogen and oxygen atoms in total. The van der Waals surface area contributed by atoms with Gasteiger partial charge in [0.1, 0.15) is 5.82 Å². The Kier molecular flexibility index (Phi) is 5.31. The van der Waals surface area contributed by atoms with Crippen molar-refractivity contribution in [3.63, 3.8) is 0 Å². The van der Waals surface area contributed by atoms with Crippen molar-refractivity contribution in [3.05, 3.63) is 56.6 Å². The highest BCUT2D eigenvalue weighted by Gasteiger charge is 2.25. The van der Waals surface area contributed by atoms with Gasteiger partial charge in [0.25, 0.3) is 5.56 Å². The van der Waals surface area contributed by atoms with E-state index < -0.39 is 11.2 Å². The lowest BCUT2D eigenvalue weighted by molar-refractivity contribution is 0.716. The summed E-state index contributed by atoms with van der Waals surface area (Å²) in [6, 6.07) is 3.92. The molecular formula is C19H18ClN9O2S. The summed E-state index contributed by atoms with van der Waals surface area (Å²) < 4.78 is 10.4. The number of hydrogen-bond acceptors (Lipinski definition) is 10. The van der Waals surface area contributed by atoms with E-state index in [1.807, 2.05) is 0 Å². The maximum absolute atomic E-state index is 12.7. The van der Waals surface area contributed by atoms with Gasteiger partial charge >= 0.3 is 5.69 Å². The van der Waals surface area contributed by atoms with Gasteiger partial charge in [0, 0.05) is 19.1 Å². The number of pyridine rings is 1. The summed E-state index contributed by atoms with van der Waals surface area (Å²) in [6.45, 7) is 0. The molecule has 13 heteroatoms. The minimum atomic E-state index is -0.506. The Bertz CT molecular complexity index is 1380. The van der Waals surface area contributed by atoms with Crippen molar-refractivity contribution < 1.29 is 0 Å². The van der Waals surface area contributed by atoms with E-state index in [0.717, 1.165) is 35.6 Å². The molecule has 1 aliphatic carbocycles. The molecule has 4 aromatic rings. The van der Waals surface area contributed by atoms with E-state index in [9.17, 15) is 9.59 Å². The van der Waals surface area contributed by atoms with Gasteiger partial charge in [-0.2, -0.15) is 8.75 Å². The van der Waals surface area contributed by atoms with E-state index in [1.165, 1.54) is 10.8 Å². The molecule has 0 aromatic carbocycles. The number of nitrogens with zero attached hydrogens (tertiary/aromatic N) is 7. The first-order valence-electron chi connectivity index (χ1n) is 9.91. The molecule has 32 heavy (non-hydrogen) atoms. The highest BCUT2D eigenvalue weighted by molar-refractivity contribution is 7.00. The third kappa shape index (κ3) is 3.82. The average molecular weight is 472 g/mol. The summed E-state index contributed by atoms with van der Waals surface area (Å²) in [4.78, 5) is 38.1. The molecule has 4 heterocycles. The van der Waals surface area contributed by atoms with Crippen LogP contribution in [0.3, 0.4) is 0 Å². The monoisotopic (exact) mass is 471 g/mol. The number of anilines is 2. The molecule has 5 rings (SSSR count). The summed E-state index contributed by atoms with van der Waals surface area (Å²) >= 11 is 6.72. The number of aryl methyl sites for hydroxylation is 1. The van der Waals surface area contributed by atoms with Gasteiger partial charge in [-0.25, -0.2) is 24.3 Å². The Hall–Kier alpha value is -3.38. The zero-order valence-corrected chi connectivity index (χ0v) is 18.5. The number of rotatable bonds is 5. The normalized spacial score (nSPS) is 18.2. The van der Waals surface area contributed by atoms with Gasteiger partial charge in [0.15, 0.2) is 11.2 Å². The standard InChI is InChI=1S/C19H18ClN9O2S/c1-28-16-15(26-32-27-16)17(30)29(19(28)31)13-4-5-14(21-9-13)24-11-2-3-12(6-11)25-18-22-7-10(20)8-23-18/h4-5,7-9,11-12H,2-3,6H2,1H3,(H,21,24)(H,22,23,25)/t11-,12-/m0/s1. The maximum atomic E-state index is 12.7. The van der Waals surface area contributed by atoms with Crippen LogP contribution >= 0.6 is 23.3 Å². The fraction of sp³-hybridized carbons (Fsp3) is 0.316. The van der Waals surface area contributed by atoms with Crippen LogP contribution in [0.2, 0.25) is 5.02 Å². The second-order valence-electron chi connectivity index (χ2n) is 7.54. The van der Waals surface area contributed by atoms with Crippen molar-refractivity contribution in [2.45, 2.75) is 31.3 Å². The summed E-state index contributed by atoms with van der Waals surface area (Å²) in [7, 11) is 1.56. The summed E-state index contributed by atoms with van der Waals surface area (Å²) in [5, 5.41) is 7.22. The topological polar surface area (TPSA) is 133 Å². The van der Waals surface area contributed by atoms with Gasteiger partial charge in [0.2, 0.25) is 5.95 Å². The molecule has 0 saturated heterocycles. The van der Waals surface area contributed by atoms with E-state index in [-0.39, 0.29) is 23.2 Å². The molecule has 0 amide bonds. The largest absolute Gasteiger partial charge is 0.367 e. The molecule has 1 aliphatic rings. The van der Waals surface area contributed by atoms with Crippen molar-refractivity contribution in [1.82, 2.24) is 32.8 Å². The van der Waals surface area contributed by atoms with Crippen LogP contribution in [0.1, 0.15) is 19.3 Å². The number of halogens is 1. The molecule has 2 atom stereocenters. The van der Waals surface area contributed by atoms with E-state index >= 15 is 0 Å². The fourth-order valence-electron chi connectivity index (χ4n) is 3.83. The van der Waals surface area contributed by atoms with Gasteiger partial charge in [-0.3, -0.25) is 9.36 Å². The zero-order valence-electron chi connectivity index (χ0n) is 16.9. The molecule has 4 aromatic heterocycles. The summed E-state index contributed by atoms with van der Waals surface area (Å²) in [5.74, 6) is 1.23. The minimum Gasteiger partial charge on any atom is -0.367 e. The Morgan fingerprint density at radius 1 is 1.03 bits per heavy atom. The van der Waals surface area contributed by atoms with Crippen LogP contribution in [0.25, 0.3) is 16.9 Å². The SMILES string of the molecule is Cn1c(=O)n(-c2ccc(N[C@H]3CC[C@H](Nc4ncc(Cl)cn4)C3)nc2)c(=O)c2nsnc21. The number of fused-ring (bicyclic) bond motifs is 1. The lowest BCUT2D eigenvalue weighted by Crippen LogP contribution is -2.38. The molecule has 0 aliphatic heterocycles. The highest BCUT2D eigenvalue weighted by Crippen LogP contribution is 2.25. The number of aromatic nitrogens is 7. The average Bonchev–Trinajstić information content (AvgIpc) is 3.45. The van der Waals surface area contributed by atoms with Crippen LogP contribution in [0.4, 0.5) is 11.8 Å². The molecule has 2 N–H and O–H groups in total. The first kappa shape index (κ1) is 20.5. The van der Waals surface area contributed by atoms with Crippen molar-refractivity contribution in [2.24, 2.45) is 7.05 Å². The van der Waals surface area contributed by atoms with Crippen molar-refractivity contribution >= 4 is 46.3 Å². The Balaban J connectivity index is 1.29. The van der Waals surface area contributed by atoms with E-state index in [4.69, 9.17) is 11.6 Å². The van der Waals surface area contributed by atoms with E-state index in [2.05, 4.69) is 34.3 Å². The highest BCUT2D eigenvalue weighted by atomic mass is 35.5. The molecular weight excluding hydrogens is 454 g/mol. The van der Waals surface area contributed by atoms with Gasteiger partial charge in [0.05, 0.1) is 41.0 Å².